The van der Waals surface area contributed by atoms with Gasteiger partial charge in [0.05, 0.1) is 0 Å². The van der Waals surface area contributed by atoms with Crippen LogP contribution in [-0.2, 0) is 19.5 Å². The maximum absolute atomic E-state index is 3.97. The van der Waals surface area contributed by atoms with Crippen LogP contribution in [0.1, 0.15) is 13.8 Å². The summed E-state index contributed by atoms with van der Waals surface area (Å²) < 4.78 is 0. The molecule has 0 N–H and O–H groups in total. The Morgan fingerprint density at radius 1 is 1.00 bits per heavy atom. The van der Waals surface area contributed by atoms with Crippen LogP contribution in [0.15, 0.2) is 30.3 Å². The normalized spacial score (nSPS) is 7.50. The molecule has 0 amide bonds. The van der Waals surface area contributed by atoms with E-state index >= 15 is 0 Å². The molecule has 0 radical (unpaired) electrons. The number of nitrogens with zero attached hydrogens (tertiary/aromatic N) is 1. The van der Waals surface area contributed by atoms with E-state index in [9.17, 15) is 0 Å². The monoisotopic (exact) mass is 213 g/mol. The minimum atomic E-state index is 0. The third-order valence-electron chi connectivity index (χ3n) is 1.05. The molecule has 2 heteroatoms. The smallest absolute Gasteiger partial charge is 0.663 e. The van der Waals surface area contributed by atoms with Crippen LogP contribution in [0.25, 0.3) is 5.32 Å². The Morgan fingerprint density at radius 2 is 1.50 bits per heavy atom. The van der Waals surface area contributed by atoms with Crippen LogP contribution in [0.3, 0.4) is 0 Å². The maximum Gasteiger partial charge on any atom is 2.00 e. The molecule has 0 unspecified atom stereocenters. The second-order valence-corrected chi connectivity index (χ2v) is 1.93. The van der Waals surface area contributed by atoms with Crippen molar-refractivity contribution in [3.8, 4) is 0 Å². The minimum Gasteiger partial charge on any atom is -0.663 e. The fourth-order valence-electron chi connectivity index (χ4n) is 0.566. The number of rotatable bonds is 2. The van der Waals surface area contributed by atoms with E-state index in [1.165, 1.54) is 0 Å². The molecule has 12 heavy (non-hydrogen) atoms. The first kappa shape index (κ1) is 14.3. The summed E-state index contributed by atoms with van der Waals surface area (Å²) in [5, 5.41) is 3.97. The molecule has 0 heterocycles. The van der Waals surface area contributed by atoms with E-state index < -0.39 is 0 Å². The van der Waals surface area contributed by atoms with Gasteiger partial charge in [0, 0.05) is 0 Å². The predicted molar refractivity (Wildman–Crippen MR) is 49.7 cm³/mol. The van der Waals surface area contributed by atoms with Crippen molar-refractivity contribution in [3.05, 3.63) is 41.7 Å². The first-order chi connectivity index (χ1) is 5.41. The molecule has 1 nitrogen and oxygen atoms in total. The molecular weight excluding hydrogens is 200 g/mol. The molecule has 0 aliphatic heterocycles. The summed E-state index contributed by atoms with van der Waals surface area (Å²) in [6.45, 7) is 6.03. The van der Waals surface area contributed by atoms with Gasteiger partial charge in [-0.05, 0) is 0 Å². The van der Waals surface area contributed by atoms with Gasteiger partial charge in [-0.1, -0.05) is 13.8 Å². The fourth-order valence-corrected chi connectivity index (χ4v) is 0.566. The van der Waals surface area contributed by atoms with Crippen LogP contribution in [-0.4, -0.2) is 13.1 Å². The molecule has 0 aliphatic carbocycles. The summed E-state index contributed by atoms with van der Waals surface area (Å²) in [6.07, 6.45) is 0. The molecule has 1 aromatic carbocycles. The average Bonchev–Trinajstić information content (AvgIpc) is 2.10. The number of benzene rings is 1. The average molecular weight is 215 g/mol. The van der Waals surface area contributed by atoms with E-state index in [2.05, 4.69) is 11.4 Å². The van der Waals surface area contributed by atoms with Crippen LogP contribution in [0.4, 0.5) is 0 Å². The first-order valence-corrected chi connectivity index (χ1v) is 3.96. The summed E-state index contributed by atoms with van der Waals surface area (Å²) >= 11 is 0. The summed E-state index contributed by atoms with van der Waals surface area (Å²) in [5.74, 6) is 0. The standard InChI is InChI=1S/C6H5.C4H10N.Zn/c1-2-4-6-5-3-1;1-3-5-4-2;/h1-5H;3-4H2,1-2H3;/q2*-1;+2. The zero-order valence-corrected chi connectivity index (χ0v) is 10.9. The molecule has 0 fully saturated rings. The summed E-state index contributed by atoms with van der Waals surface area (Å²) in [7, 11) is 0. The molecule has 0 atom stereocenters. The van der Waals surface area contributed by atoms with Crippen molar-refractivity contribution in [1.82, 2.24) is 0 Å². The van der Waals surface area contributed by atoms with E-state index in [1.54, 1.807) is 0 Å². The van der Waals surface area contributed by atoms with E-state index in [0.717, 1.165) is 13.1 Å². The number of hydrogen-bond donors (Lipinski definition) is 0. The molecule has 0 saturated carbocycles. The van der Waals surface area contributed by atoms with E-state index in [1.807, 2.05) is 44.2 Å². The Labute approximate surface area is 88.3 Å². The van der Waals surface area contributed by atoms with E-state index in [0.29, 0.717) is 0 Å². The summed E-state index contributed by atoms with van der Waals surface area (Å²) in [6, 6.07) is 12.5. The van der Waals surface area contributed by atoms with Crippen molar-refractivity contribution >= 4 is 0 Å². The fraction of sp³-hybridized carbons (Fsp3) is 0.400. The van der Waals surface area contributed by atoms with Gasteiger partial charge in [-0.3, -0.25) is 0 Å². The zero-order chi connectivity index (χ0) is 8.36. The summed E-state index contributed by atoms with van der Waals surface area (Å²) in [5.41, 5.74) is 0. The molecular formula is C10H15NZn. The first-order valence-electron chi connectivity index (χ1n) is 3.96. The molecule has 0 spiro atoms. The van der Waals surface area contributed by atoms with Crippen LogP contribution in [0.2, 0.25) is 0 Å². The van der Waals surface area contributed by atoms with Gasteiger partial charge in [0.1, 0.15) is 0 Å². The van der Waals surface area contributed by atoms with Gasteiger partial charge in [0.15, 0.2) is 0 Å². The zero-order valence-electron chi connectivity index (χ0n) is 7.96. The SMILES string of the molecule is CC[N-]CC.[Zn+2].[c-]1ccccc1. The second kappa shape index (κ2) is 13.4. The van der Waals surface area contributed by atoms with Crippen molar-refractivity contribution in [2.45, 2.75) is 13.8 Å². The Kier molecular flexibility index (Phi) is 16.0. The minimum absolute atomic E-state index is 0. The van der Waals surface area contributed by atoms with Crippen LogP contribution in [0.5, 0.6) is 0 Å². The quantitative estimate of drug-likeness (QED) is 0.531. The topological polar surface area (TPSA) is 14.1 Å². The number of hydrogen-bond acceptors (Lipinski definition) is 0. The Bertz CT molecular complexity index is 113. The molecule has 0 bridgehead atoms. The molecule has 0 aliphatic rings. The molecule has 1 aromatic rings. The van der Waals surface area contributed by atoms with Gasteiger partial charge in [-0.2, -0.15) is 49.5 Å². The van der Waals surface area contributed by atoms with E-state index in [-0.39, 0.29) is 19.5 Å². The third-order valence-corrected chi connectivity index (χ3v) is 1.05. The second-order valence-electron chi connectivity index (χ2n) is 1.93. The van der Waals surface area contributed by atoms with Crippen LogP contribution >= 0.6 is 0 Å². The van der Waals surface area contributed by atoms with E-state index in [4.69, 9.17) is 0 Å². The van der Waals surface area contributed by atoms with Crippen molar-refractivity contribution in [1.29, 1.82) is 0 Å². The van der Waals surface area contributed by atoms with Gasteiger partial charge >= 0.3 is 19.5 Å². The van der Waals surface area contributed by atoms with Gasteiger partial charge in [-0.15, -0.1) is 0 Å². The van der Waals surface area contributed by atoms with Crippen LogP contribution < -0.4 is 0 Å². The summed E-state index contributed by atoms with van der Waals surface area (Å²) in [4.78, 5) is 0. The molecule has 0 aromatic heterocycles. The van der Waals surface area contributed by atoms with Gasteiger partial charge in [0.2, 0.25) is 0 Å². The Hall–Kier alpha value is -0.197. The van der Waals surface area contributed by atoms with Crippen molar-refractivity contribution in [3.63, 3.8) is 0 Å². The Balaban J connectivity index is 0. The largest absolute Gasteiger partial charge is 2.00 e. The predicted octanol–water partition coefficient (Wildman–Crippen LogP) is 2.88. The van der Waals surface area contributed by atoms with Gasteiger partial charge in [0.25, 0.3) is 0 Å². The Morgan fingerprint density at radius 3 is 1.58 bits per heavy atom. The maximum atomic E-state index is 3.97. The van der Waals surface area contributed by atoms with Gasteiger partial charge < -0.3 is 5.32 Å². The third kappa shape index (κ3) is 12.5. The van der Waals surface area contributed by atoms with Crippen molar-refractivity contribution in [2.75, 3.05) is 13.1 Å². The van der Waals surface area contributed by atoms with Crippen molar-refractivity contribution < 1.29 is 19.5 Å². The molecule has 62 valence electrons. The van der Waals surface area contributed by atoms with Crippen molar-refractivity contribution in [2.24, 2.45) is 0 Å². The van der Waals surface area contributed by atoms with Crippen LogP contribution in [0, 0.1) is 6.07 Å². The molecule has 1 rings (SSSR count). The van der Waals surface area contributed by atoms with Gasteiger partial charge in [-0.25, -0.2) is 0 Å². The molecule has 0 saturated heterocycles.